The molecule has 2 aromatic rings. The molecule has 0 aromatic heterocycles. The molecule has 1 atom stereocenters. The van der Waals surface area contributed by atoms with Crippen LogP contribution in [-0.4, -0.2) is 30.5 Å². The number of piperidine rings is 1. The number of ether oxygens (including phenoxy) is 1. The van der Waals surface area contributed by atoms with Gasteiger partial charge >= 0.3 is 5.97 Å². The maximum Gasteiger partial charge on any atom is 0.344 e. The van der Waals surface area contributed by atoms with Crippen LogP contribution in [0.1, 0.15) is 59.2 Å². The summed E-state index contributed by atoms with van der Waals surface area (Å²) in [6.07, 6.45) is 3.63. The highest BCUT2D eigenvalue weighted by molar-refractivity contribution is 5.94. The number of carbonyl (C=O) groups excluding carboxylic acids is 1. The summed E-state index contributed by atoms with van der Waals surface area (Å²) < 4.78 is 5.72. The van der Waals surface area contributed by atoms with E-state index in [1.54, 1.807) is 0 Å². The number of esters is 1. The zero-order chi connectivity index (χ0) is 18.5. The van der Waals surface area contributed by atoms with Crippen molar-refractivity contribution in [2.45, 2.75) is 46.0 Å². The summed E-state index contributed by atoms with van der Waals surface area (Å²) in [5.41, 5.74) is 3.85. The van der Waals surface area contributed by atoms with E-state index < -0.39 is 0 Å². The normalized spacial score (nSPS) is 17.2. The maximum atomic E-state index is 12.7. The van der Waals surface area contributed by atoms with Crippen LogP contribution in [-0.2, 0) is 0 Å². The van der Waals surface area contributed by atoms with Gasteiger partial charge in [0.15, 0.2) is 0 Å². The SMILES string of the molecule is CCCN1CCCC(c2cccc(OC(=O)c3c(C)cccc3C)c2)C1.Cl. The Balaban J connectivity index is 0.00000261. The van der Waals surface area contributed by atoms with Crippen molar-refractivity contribution in [2.75, 3.05) is 19.6 Å². The molecule has 0 bridgehead atoms. The van der Waals surface area contributed by atoms with Crippen LogP contribution in [0.4, 0.5) is 0 Å². The predicted molar refractivity (Wildman–Crippen MR) is 113 cm³/mol. The van der Waals surface area contributed by atoms with Crippen molar-refractivity contribution in [3.8, 4) is 5.75 Å². The molecule has 1 aliphatic heterocycles. The Labute approximate surface area is 169 Å². The molecule has 1 aliphatic rings. The van der Waals surface area contributed by atoms with Gasteiger partial charge in [-0.1, -0.05) is 37.3 Å². The van der Waals surface area contributed by atoms with Crippen molar-refractivity contribution in [3.63, 3.8) is 0 Å². The first-order valence-electron chi connectivity index (χ1n) is 9.69. The van der Waals surface area contributed by atoms with E-state index in [0.717, 1.165) is 24.2 Å². The monoisotopic (exact) mass is 387 g/mol. The number of nitrogens with zero attached hydrogens (tertiary/aromatic N) is 1. The third-order valence-electron chi connectivity index (χ3n) is 5.27. The molecular weight excluding hydrogens is 358 g/mol. The Bertz CT molecular complexity index is 752. The van der Waals surface area contributed by atoms with Crippen LogP contribution in [0, 0.1) is 13.8 Å². The summed E-state index contributed by atoms with van der Waals surface area (Å²) in [6.45, 7) is 9.59. The molecule has 2 aromatic carbocycles. The van der Waals surface area contributed by atoms with Crippen molar-refractivity contribution < 1.29 is 9.53 Å². The number of benzene rings is 2. The molecule has 0 N–H and O–H groups in total. The minimum atomic E-state index is -0.269. The van der Waals surface area contributed by atoms with Crippen molar-refractivity contribution in [1.82, 2.24) is 4.90 Å². The lowest BCUT2D eigenvalue weighted by Gasteiger charge is -2.32. The number of likely N-dealkylation sites (tertiary alicyclic amines) is 1. The van der Waals surface area contributed by atoms with Crippen LogP contribution >= 0.6 is 12.4 Å². The summed E-state index contributed by atoms with van der Waals surface area (Å²) in [6, 6.07) is 14.0. The summed E-state index contributed by atoms with van der Waals surface area (Å²) in [5, 5.41) is 0. The molecule has 27 heavy (non-hydrogen) atoms. The average molecular weight is 388 g/mol. The molecule has 3 rings (SSSR count). The van der Waals surface area contributed by atoms with Crippen LogP contribution in [0.2, 0.25) is 0 Å². The summed E-state index contributed by atoms with van der Waals surface area (Å²) in [4.78, 5) is 15.2. The summed E-state index contributed by atoms with van der Waals surface area (Å²) in [5.74, 6) is 0.894. The van der Waals surface area contributed by atoms with E-state index in [9.17, 15) is 4.79 Å². The Kier molecular flexibility index (Phi) is 7.88. The van der Waals surface area contributed by atoms with Gasteiger partial charge in [-0.05, 0) is 80.9 Å². The zero-order valence-corrected chi connectivity index (χ0v) is 17.3. The highest BCUT2D eigenvalue weighted by Crippen LogP contribution is 2.29. The van der Waals surface area contributed by atoms with Crippen LogP contribution in [0.3, 0.4) is 0 Å². The van der Waals surface area contributed by atoms with E-state index in [2.05, 4.69) is 17.9 Å². The number of hydrogen-bond donors (Lipinski definition) is 0. The van der Waals surface area contributed by atoms with Gasteiger partial charge in [-0.2, -0.15) is 0 Å². The molecule has 0 aliphatic carbocycles. The van der Waals surface area contributed by atoms with E-state index in [0.29, 0.717) is 17.2 Å². The minimum Gasteiger partial charge on any atom is -0.423 e. The lowest BCUT2D eigenvalue weighted by atomic mass is 9.90. The maximum absolute atomic E-state index is 12.7. The van der Waals surface area contributed by atoms with Gasteiger partial charge in [0.25, 0.3) is 0 Å². The van der Waals surface area contributed by atoms with Crippen molar-refractivity contribution in [1.29, 1.82) is 0 Å². The fourth-order valence-corrected chi connectivity index (χ4v) is 3.97. The Morgan fingerprint density at radius 3 is 2.56 bits per heavy atom. The molecule has 0 amide bonds. The third-order valence-corrected chi connectivity index (χ3v) is 5.27. The van der Waals surface area contributed by atoms with Gasteiger partial charge in [0.05, 0.1) is 5.56 Å². The second-order valence-corrected chi connectivity index (χ2v) is 7.37. The average Bonchev–Trinajstić information content (AvgIpc) is 2.62. The fraction of sp³-hybridized carbons (Fsp3) is 0.435. The van der Waals surface area contributed by atoms with Gasteiger partial charge in [-0.15, -0.1) is 12.4 Å². The van der Waals surface area contributed by atoms with Gasteiger partial charge in [0.2, 0.25) is 0 Å². The van der Waals surface area contributed by atoms with Crippen molar-refractivity contribution in [3.05, 3.63) is 64.7 Å². The van der Waals surface area contributed by atoms with Gasteiger partial charge in [-0.25, -0.2) is 4.79 Å². The topological polar surface area (TPSA) is 29.5 Å². The van der Waals surface area contributed by atoms with Crippen molar-refractivity contribution >= 4 is 18.4 Å². The molecule has 1 unspecified atom stereocenters. The molecule has 0 saturated carbocycles. The van der Waals surface area contributed by atoms with Crippen LogP contribution in [0.25, 0.3) is 0 Å². The fourth-order valence-electron chi connectivity index (χ4n) is 3.97. The second-order valence-electron chi connectivity index (χ2n) is 7.37. The van der Waals surface area contributed by atoms with Crippen LogP contribution in [0.15, 0.2) is 42.5 Å². The highest BCUT2D eigenvalue weighted by Gasteiger charge is 2.21. The lowest BCUT2D eigenvalue weighted by Crippen LogP contribution is -2.34. The van der Waals surface area contributed by atoms with Gasteiger partial charge in [0, 0.05) is 6.54 Å². The van der Waals surface area contributed by atoms with Crippen LogP contribution < -0.4 is 4.74 Å². The summed E-state index contributed by atoms with van der Waals surface area (Å²) in [7, 11) is 0. The van der Waals surface area contributed by atoms with E-state index in [1.807, 2.05) is 50.2 Å². The van der Waals surface area contributed by atoms with Gasteiger partial charge < -0.3 is 9.64 Å². The summed E-state index contributed by atoms with van der Waals surface area (Å²) >= 11 is 0. The number of halogens is 1. The molecule has 1 heterocycles. The zero-order valence-electron chi connectivity index (χ0n) is 16.5. The first kappa shape index (κ1) is 21.5. The van der Waals surface area contributed by atoms with Crippen LogP contribution in [0.5, 0.6) is 5.75 Å². The number of rotatable bonds is 5. The molecular formula is C23H30ClNO2. The van der Waals surface area contributed by atoms with Gasteiger partial charge in [-0.3, -0.25) is 0 Å². The molecule has 1 saturated heterocycles. The quantitative estimate of drug-likeness (QED) is 0.498. The van der Waals surface area contributed by atoms with Gasteiger partial charge in [0.1, 0.15) is 5.75 Å². The van der Waals surface area contributed by atoms with E-state index in [1.165, 1.54) is 31.4 Å². The predicted octanol–water partition coefficient (Wildman–Crippen LogP) is 5.53. The third kappa shape index (κ3) is 5.33. The number of carbonyl (C=O) groups is 1. The smallest absolute Gasteiger partial charge is 0.344 e. The molecule has 4 heteroatoms. The Morgan fingerprint density at radius 2 is 1.85 bits per heavy atom. The van der Waals surface area contributed by atoms with E-state index in [-0.39, 0.29) is 18.4 Å². The lowest BCUT2D eigenvalue weighted by molar-refractivity contribution is 0.0733. The standard InChI is InChI=1S/C23H29NO2.ClH/c1-4-13-24-14-7-11-20(16-24)19-10-6-12-21(15-19)26-23(25)22-17(2)8-5-9-18(22)3;/h5-6,8-10,12,15,20H,4,7,11,13-14,16H2,1-3H3;1H. The molecule has 0 radical (unpaired) electrons. The number of hydrogen-bond acceptors (Lipinski definition) is 3. The number of aryl methyl sites for hydroxylation is 2. The second kappa shape index (κ2) is 9.91. The minimum absolute atomic E-state index is 0. The highest BCUT2D eigenvalue weighted by atomic mass is 35.5. The Morgan fingerprint density at radius 1 is 1.15 bits per heavy atom. The van der Waals surface area contributed by atoms with E-state index in [4.69, 9.17) is 4.74 Å². The molecule has 0 spiro atoms. The Hall–Kier alpha value is -1.84. The first-order valence-corrected chi connectivity index (χ1v) is 9.69. The van der Waals surface area contributed by atoms with Crippen molar-refractivity contribution in [2.24, 2.45) is 0 Å². The molecule has 1 fully saturated rings. The van der Waals surface area contributed by atoms with E-state index >= 15 is 0 Å². The largest absolute Gasteiger partial charge is 0.423 e. The molecule has 146 valence electrons. The molecule has 3 nitrogen and oxygen atoms in total. The first-order chi connectivity index (χ1) is 12.6.